The number of thiazole rings is 1. The van der Waals surface area contributed by atoms with Gasteiger partial charge in [0.1, 0.15) is 22.8 Å². The molecule has 1 aliphatic rings. The number of amides is 4. The number of rotatable bonds is 23. The maximum Gasteiger partial charge on any atom is 0.328 e. The number of ether oxygens (including phenoxy) is 3. The zero-order chi connectivity index (χ0) is 46.1. The normalized spacial score (nSPS) is 17.6. The van der Waals surface area contributed by atoms with Crippen LogP contribution in [-0.2, 0) is 49.4 Å². The second-order valence-corrected chi connectivity index (χ2v) is 17.6. The number of carbonyl (C=O) groups is 7. The highest BCUT2D eigenvalue weighted by Crippen LogP contribution is 2.31. The lowest BCUT2D eigenvalue weighted by molar-refractivity contribution is -0.149. The zero-order valence-corrected chi connectivity index (χ0v) is 38.9. The minimum atomic E-state index is -1.07. The Hall–Kier alpha value is -4.90. The molecule has 17 heteroatoms. The molecule has 344 valence electrons. The second-order valence-electron chi connectivity index (χ2n) is 16.7. The van der Waals surface area contributed by atoms with Gasteiger partial charge in [-0.05, 0) is 63.1 Å². The van der Waals surface area contributed by atoms with E-state index >= 15 is 0 Å². The molecule has 2 aromatic rings. The van der Waals surface area contributed by atoms with Crippen molar-refractivity contribution in [2.75, 3.05) is 34.9 Å². The highest BCUT2D eigenvalue weighted by atomic mass is 32.1. The standard InChI is InChI=1S/C45H68N6O10S/c1-11-28(4)39(49-42(56)35-19-15-16-22-50(35)7)44(57)51(8)36(27(2)3)25-37(61-30(6)52)43-48-34(26-62-43)41(55)46-32(24-31-17-13-12-14-18-31)23-29(5)40(54)47-33(45(58)60-10)20-21-38(53)59-9/h12-14,17-18,26-29,32-33,35-37,39H,11,15-16,19-25H2,1-10H3,(H,46,55)(H,47,54)(H,49,56)/t28?,29-,32?,33-,35?,36+,37+,39-/m0/s1. The van der Waals surface area contributed by atoms with Crippen LogP contribution in [0.4, 0.5) is 0 Å². The van der Waals surface area contributed by atoms with Crippen molar-refractivity contribution in [3.8, 4) is 0 Å². The van der Waals surface area contributed by atoms with Crippen LogP contribution in [0.3, 0.4) is 0 Å². The lowest BCUT2D eigenvalue weighted by atomic mass is 9.92. The Morgan fingerprint density at radius 3 is 2.24 bits per heavy atom. The van der Waals surface area contributed by atoms with Gasteiger partial charge in [0.2, 0.25) is 17.7 Å². The molecular formula is C45H68N6O10S. The van der Waals surface area contributed by atoms with Crippen molar-refractivity contribution in [1.82, 2.24) is 30.7 Å². The Bertz CT molecular complexity index is 1810. The van der Waals surface area contributed by atoms with E-state index in [0.717, 1.165) is 42.7 Å². The van der Waals surface area contributed by atoms with Gasteiger partial charge in [-0.25, -0.2) is 9.78 Å². The number of piperidine rings is 1. The van der Waals surface area contributed by atoms with Crippen LogP contribution >= 0.6 is 11.3 Å². The van der Waals surface area contributed by atoms with Gasteiger partial charge < -0.3 is 35.1 Å². The molecule has 1 fully saturated rings. The van der Waals surface area contributed by atoms with Crippen molar-refractivity contribution in [1.29, 1.82) is 0 Å². The molecule has 0 spiro atoms. The summed E-state index contributed by atoms with van der Waals surface area (Å²) in [6.45, 7) is 11.7. The topological polar surface area (TPSA) is 203 Å². The smallest absolute Gasteiger partial charge is 0.328 e. The molecule has 4 amide bonds. The van der Waals surface area contributed by atoms with E-state index in [1.54, 1.807) is 24.3 Å². The van der Waals surface area contributed by atoms with E-state index in [9.17, 15) is 33.6 Å². The summed E-state index contributed by atoms with van der Waals surface area (Å²) in [6, 6.07) is 6.35. The number of likely N-dealkylation sites (tertiary alicyclic amines) is 1. The second kappa shape index (κ2) is 25.3. The quantitative estimate of drug-likeness (QED) is 0.104. The molecule has 8 atom stereocenters. The molecule has 16 nitrogen and oxygen atoms in total. The first-order valence-electron chi connectivity index (χ1n) is 21.6. The number of nitrogens with one attached hydrogen (secondary N) is 3. The van der Waals surface area contributed by atoms with Gasteiger partial charge in [-0.15, -0.1) is 11.3 Å². The largest absolute Gasteiger partial charge is 0.469 e. The van der Waals surface area contributed by atoms with Crippen molar-refractivity contribution in [3.63, 3.8) is 0 Å². The van der Waals surface area contributed by atoms with Gasteiger partial charge in [0.05, 0.1) is 20.3 Å². The summed E-state index contributed by atoms with van der Waals surface area (Å²) in [6.07, 6.45) is 3.14. The summed E-state index contributed by atoms with van der Waals surface area (Å²) in [7, 11) is 6.07. The monoisotopic (exact) mass is 884 g/mol. The highest BCUT2D eigenvalue weighted by molar-refractivity contribution is 7.09. The number of likely N-dealkylation sites (N-methyl/N-ethyl adjacent to an activating group) is 2. The van der Waals surface area contributed by atoms with Gasteiger partial charge in [-0.2, -0.15) is 0 Å². The van der Waals surface area contributed by atoms with Gasteiger partial charge in [-0.1, -0.05) is 77.8 Å². The van der Waals surface area contributed by atoms with E-state index in [0.29, 0.717) is 17.8 Å². The number of methoxy groups -OCH3 is 2. The number of carbonyl (C=O) groups excluding carboxylic acids is 7. The summed E-state index contributed by atoms with van der Waals surface area (Å²) in [4.78, 5) is 100. The molecule has 1 aromatic carbocycles. The van der Waals surface area contributed by atoms with Crippen LogP contribution in [0.25, 0.3) is 0 Å². The molecule has 0 saturated carbocycles. The Labute approximate surface area is 370 Å². The van der Waals surface area contributed by atoms with Crippen LogP contribution in [-0.4, -0.2) is 121 Å². The van der Waals surface area contributed by atoms with E-state index in [-0.39, 0.29) is 61.1 Å². The lowest BCUT2D eigenvalue weighted by Crippen LogP contribution is -2.58. The molecule has 0 bridgehead atoms. The molecule has 3 N–H and O–H groups in total. The third-order valence-electron chi connectivity index (χ3n) is 11.7. The SMILES string of the molecule is CCC(C)[C@H](NC(=O)C1CCCCN1C)C(=O)N(C)[C@H](C[C@@H](OC(C)=O)c1nc(C(=O)NC(Cc2ccccc2)C[C@H](C)C(=O)N[C@@H](CCC(=O)OC)C(=O)OC)cs1)C(C)C. The summed E-state index contributed by atoms with van der Waals surface area (Å²) in [5, 5.41) is 10.7. The average Bonchev–Trinajstić information content (AvgIpc) is 3.75. The van der Waals surface area contributed by atoms with Crippen LogP contribution < -0.4 is 16.0 Å². The van der Waals surface area contributed by atoms with Crippen LogP contribution in [0.5, 0.6) is 0 Å². The summed E-state index contributed by atoms with van der Waals surface area (Å²) < 4.78 is 15.3. The van der Waals surface area contributed by atoms with Crippen molar-refractivity contribution >= 4 is 52.9 Å². The van der Waals surface area contributed by atoms with E-state index < -0.39 is 65.9 Å². The van der Waals surface area contributed by atoms with Crippen molar-refractivity contribution < 1.29 is 47.8 Å². The molecule has 62 heavy (non-hydrogen) atoms. The number of esters is 3. The maximum absolute atomic E-state index is 14.3. The minimum absolute atomic E-state index is 0.0117. The summed E-state index contributed by atoms with van der Waals surface area (Å²) in [5.41, 5.74) is 1.00. The van der Waals surface area contributed by atoms with Crippen molar-refractivity contribution in [2.24, 2.45) is 17.8 Å². The Kier molecular flexibility index (Phi) is 21.0. The number of aromatic nitrogens is 1. The Morgan fingerprint density at radius 2 is 1.65 bits per heavy atom. The fourth-order valence-corrected chi connectivity index (χ4v) is 8.55. The maximum atomic E-state index is 14.3. The first-order chi connectivity index (χ1) is 29.4. The van der Waals surface area contributed by atoms with Crippen LogP contribution in [0, 0.1) is 17.8 Å². The molecule has 0 aliphatic carbocycles. The Morgan fingerprint density at radius 1 is 0.952 bits per heavy atom. The van der Waals surface area contributed by atoms with Gasteiger partial charge in [-0.3, -0.25) is 33.7 Å². The predicted molar refractivity (Wildman–Crippen MR) is 235 cm³/mol. The van der Waals surface area contributed by atoms with Gasteiger partial charge in [0.25, 0.3) is 5.91 Å². The minimum Gasteiger partial charge on any atom is -0.469 e. The van der Waals surface area contributed by atoms with Gasteiger partial charge in [0.15, 0.2) is 6.10 Å². The predicted octanol–water partition coefficient (Wildman–Crippen LogP) is 4.61. The van der Waals surface area contributed by atoms with E-state index in [2.05, 4.69) is 25.7 Å². The van der Waals surface area contributed by atoms with Crippen LogP contribution in [0.1, 0.15) is 120 Å². The molecule has 0 radical (unpaired) electrons. The number of hydrogen-bond acceptors (Lipinski definition) is 13. The average molecular weight is 885 g/mol. The molecular weight excluding hydrogens is 817 g/mol. The lowest BCUT2D eigenvalue weighted by Gasteiger charge is -2.38. The first kappa shape index (κ1) is 51.5. The molecule has 3 unspecified atom stereocenters. The van der Waals surface area contributed by atoms with E-state index in [1.165, 1.54) is 21.1 Å². The van der Waals surface area contributed by atoms with Crippen molar-refractivity contribution in [3.05, 3.63) is 52.0 Å². The molecule has 1 saturated heterocycles. The first-order valence-corrected chi connectivity index (χ1v) is 22.5. The van der Waals surface area contributed by atoms with E-state index in [1.807, 2.05) is 70.0 Å². The fraction of sp³-hybridized carbons (Fsp3) is 0.644. The fourth-order valence-electron chi connectivity index (χ4n) is 7.71. The Balaban J connectivity index is 1.82. The molecule has 3 rings (SSSR count). The highest BCUT2D eigenvalue weighted by Gasteiger charge is 2.37. The molecule has 2 heterocycles. The van der Waals surface area contributed by atoms with E-state index in [4.69, 9.17) is 9.47 Å². The van der Waals surface area contributed by atoms with Crippen LogP contribution in [0.2, 0.25) is 0 Å². The number of benzene rings is 1. The molecule has 1 aliphatic heterocycles. The summed E-state index contributed by atoms with van der Waals surface area (Å²) in [5.74, 6) is -4.05. The third-order valence-corrected chi connectivity index (χ3v) is 12.6. The molecule has 1 aromatic heterocycles. The van der Waals surface area contributed by atoms with Crippen molar-refractivity contribution in [2.45, 2.75) is 136 Å². The zero-order valence-electron chi connectivity index (χ0n) is 38.1. The van der Waals surface area contributed by atoms with Crippen LogP contribution in [0.15, 0.2) is 35.7 Å². The number of nitrogens with zero attached hydrogens (tertiary/aromatic N) is 3. The van der Waals surface area contributed by atoms with Gasteiger partial charge in [0, 0.05) is 50.2 Å². The summed E-state index contributed by atoms with van der Waals surface area (Å²) >= 11 is 1.16. The third kappa shape index (κ3) is 15.5. The van der Waals surface area contributed by atoms with Gasteiger partial charge >= 0.3 is 17.9 Å². The number of hydrogen-bond donors (Lipinski definition) is 3.